The van der Waals surface area contributed by atoms with Crippen molar-refractivity contribution in [3.63, 3.8) is 0 Å². The highest BCUT2D eigenvalue weighted by Crippen LogP contribution is 2.21. The Bertz CT molecular complexity index is 880. The van der Waals surface area contributed by atoms with Crippen molar-refractivity contribution >= 4 is 11.8 Å². The molecule has 1 fully saturated rings. The van der Waals surface area contributed by atoms with Crippen molar-refractivity contribution in [3.05, 3.63) is 70.8 Å². The molecule has 1 aliphatic rings. The molecule has 1 heterocycles. The molecule has 0 radical (unpaired) electrons. The first kappa shape index (κ1) is 20.9. The second-order valence-corrected chi connectivity index (χ2v) is 7.11. The maximum Gasteiger partial charge on any atom is 0.256 e. The third-order valence-corrected chi connectivity index (χ3v) is 5.19. The summed E-state index contributed by atoms with van der Waals surface area (Å²) in [7, 11) is 1.63. The molecule has 0 spiro atoms. The van der Waals surface area contributed by atoms with Crippen LogP contribution in [0.3, 0.4) is 0 Å². The molecule has 2 aromatic rings. The van der Waals surface area contributed by atoms with E-state index >= 15 is 0 Å². The Labute approximate surface area is 168 Å². The van der Waals surface area contributed by atoms with Crippen LogP contribution in [0.25, 0.3) is 0 Å². The van der Waals surface area contributed by atoms with Crippen LogP contribution in [0.1, 0.15) is 34.3 Å². The van der Waals surface area contributed by atoms with Crippen LogP contribution in [0, 0.1) is 17.6 Å². The van der Waals surface area contributed by atoms with Crippen LogP contribution in [0.2, 0.25) is 0 Å². The van der Waals surface area contributed by atoms with Gasteiger partial charge in [0.05, 0.1) is 12.2 Å². The number of halogens is 2. The lowest BCUT2D eigenvalue weighted by Gasteiger charge is -2.31. The number of hydrogen-bond donors (Lipinski definition) is 1. The largest absolute Gasteiger partial charge is 0.380 e. The van der Waals surface area contributed by atoms with Crippen molar-refractivity contribution < 1.29 is 23.1 Å². The smallest absolute Gasteiger partial charge is 0.256 e. The molecule has 0 aromatic heterocycles. The molecule has 29 heavy (non-hydrogen) atoms. The third-order valence-electron chi connectivity index (χ3n) is 5.19. The SMILES string of the molecule is COCc1ccccc1CNC(=O)C1CCN(C(=O)c2ccc(F)cc2F)CC1. The van der Waals surface area contributed by atoms with Crippen molar-refractivity contribution in [2.75, 3.05) is 20.2 Å². The molecule has 5 nitrogen and oxygen atoms in total. The number of piperidine rings is 1. The molecule has 0 aliphatic carbocycles. The normalized spacial score (nSPS) is 14.7. The van der Waals surface area contributed by atoms with Gasteiger partial charge in [0.2, 0.25) is 5.91 Å². The molecule has 2 aromatic carbocycles. The third kappa shape index (κ3) is 5.17. The van der Waals surface area contributed by atoms with E-state index in [1.54, 1.807) is 7.11 Å². The summed E-state index contributed by atoms with van der Waals surface area (Å²) in [6, 6.07) is 10.7. The van der Waals surface area contributed by atoms with E-state index in [9.17, 15) is 18.4 Å². The number of likely N-dealkylation sites (tertiary alicyclic amines) is 1. The standard InChI is InChI=1S/C22H24F2N2O3/c1-29-14-17-5-3-2-4-16(17)13-25-21(27)15-8-10-26(11-9-15)22(28)19-7-6-18(23)12-20(19)24/h2-7,12,15H,8-11,13-14H2,1H3,(H,25,27). The van der Waals surface area contributed by atoms with Gasteiger partial charge in [-0.05, 0) is 36.1 Å². The van der Waals surface area contributed by atoms with E-state index in [4.69, 9.17) is 4.74 Å². The first-order valence-electron chi connectivity index (χ1n) is 9.57. The molecule has 7 heteroatoms. The summed E-state index contributed by atoms with van der Waals surface area (Å²) in [6.07, 6.45) is 1.00. The summed E-state index contributed by atoms with van der Waals surface area (Å²) in [5.74, 6) is -2.33. The fourth-order valence-corrected chi connectivity index (χ4v) is 3.53. The predicted molar refractivity (Wildman–Crippen MR) is 104 cm³/mol. The van der Waals surface area contributed by atoms with Crippen molar-refractivity contribution in [1.29, 1.82) is 0 Å². The molecule has 3 rings (SSSR count). The highest BCUT2D eigenvalue weighted by molar-refractivity contribution is 5.94. The van der Waals surface area contributed by atoms with Gasteiger partial charge < -0.3 is 15.0 Å². The Kier molecular flexibility index (Phi) is 6.93. The van der Waals surface area contributed by atoms with Gasteiger partial charge in [-0.25, -0.2) is 8.78 Å². The number of nitrogens with zero attached hydrogens (tertiary/aromatic N) is 1. The topological polar surface area (TPSA) is 58.6 Å². The maximum absolute atomic E-state index is 13.8. The van der Waals surface area contributed by atoms with Crippen molar-refractivity contribution in [3.8, 4) is 0 Å². The van der Waals surface area contributed by atoms with Crippen molar-refractivity contribution in [2.24, 2.45) is 5.92 Å². The Morgan fingerprint density at radius 3 is 2.45 bits per heavy atom. The van der Waals surface area contributed by atoms with E-state index in [2.05, 4.69) is 5.32 Å². The molecule has 0 unspecified atom stereocenters. The summed E-state index contributed by atoms with van der Waals surface area (Å²) in [6.45, 7) is 1.60. The molecular formula is C22H24F2N2O3. The molecule has 154 valence electrons. The van der Waals surface area contributed by atoms with Gasteiger partial charge in [0, 0.05) is 38.7 Å². The van der Waals surface area contributed by atoms with Crippen LogP contribution < -0.4 is 5.32 Å². The molecular weight excluding hydrogens is 378 g/mol. The van der Waals surface area contributed by atoms with Crippen LogP contribution >= 0.6 is 0 Å². The number of ether oxygens (including phenoxy) is 1. The number of benzene rings is 2. The summed E-state index contributed by atoms with van der Waals surface area (Å²) >= 11 is 0. The van der Waals surface area contributed by atoms with Crippen LogP contribution in [-0.2, 0) is 22.7 Å². The quantitative estimate of drug-likeness (QED) is 0.807. The minimum absolute atomic E-state index is 0.0581. The fraction of sp³-hybridized carbons (Fsp3) is 0.364. The first-order chi connectivity index (χ1) is 14.0. The number of carbonyl (C=O) groups excluding carboxylic acids is 2. The fourth-order valence-electron chi connectivity index (χ4n) is 3.53. The molecule has 0 bridgehead atoms. The Morgan fingerprint density at radius 1 is 1.10 bits per heavy atom. The Hall–Kier alpha value is -2.80. The minimum atomic E-state index is -0.871. The zero-order valence-electron chi connectivity index (χ0n) is 16.3. The highest BCUT2D eigenvalue weighted by Gasteiger charge is 2.28. The van der Waals surface area contributed by atoms with E-state index in [1.165, 1.54) is 4.90 Å². The zero-order valence-corrected chi connectivity index (χ0v) is 16.3. The van der Waals surface area contributed by atoms with Gasteiger partial charge in [-0.2, -0.15) is 0 Å². The lowest BCUT2D eigenvalue weighted by Crippen LogP contribution is -2.43. The van der Waals surface area contributed by atoms with Crippen molar-refractivity contribution in [2.45, 2.75) is 26.0 Å². The first-order valence-corrected chi connectivity index (χ1v) is 9.57. The van der Waals surface area contributed by atoms with E-state index in [1.807, 2.05) is 24.3 Å². The highest BCUT2D eigenvalue weighted by atomic mass is 19.1. The molecule has 0 atom stereocenters. The number of carbonyl (C=O) groups is 2. The minimum Gasteiger partial charge on any atom is -0.380 e. The lowest BCUT2D eigenvalue weighted by molar-refractivity contribution is -0.126. The summed E-state index contributed by atoms with van der Waals surface area (Å²) < 4.78 is 32.1. The second-order valence-electron chi connectivity index (χ2n) is 7.11. The van der Waals surface area contributed by atoms with Gasteiger partial charge in [0.25, 0.3) is 5.91 Å². The Morgan fingerprint density at radius 2 is 1.79 bits per heavy atom. The van der Waals surface area contributed by atoms with E-state index in [0.29, 0.717) is 45.1 Å². The van der Waals surface area contributed by atoms with Crippen LogP contribution in [0.5, 0.6) is 0 Å². The number of hydrogen-bond acceptors (Lipinski definition) is 3. The van der Waals surface area contributed by atoms with E-state index < -0.39 is 17.5 Å². The number of rotatable bonds is 6. The van der Waals surface area contributed by atoms with Gasteiger partial charge in [-0.1, -0.05) is 24.3 Å². The van der Waals surface area contributed by atoms with Gasteiger partial charge in [-0.15, -0.1) is 0 Å². The number of nitrogens with one attached hydrogen (secondary N) is 1. The lowest BCUT2D eigenvalue weighted by atomic mass is 9.95. The monoisotopic (exact) mass is 402 g/mol. The average molecular weight is 402 g/mol. The van der Waals surface area contributed by atoms with Gasteiger partial charge >= 0.3 is 0 Å². The Balaban J connectivity index is 1.52. The second kappa shape index (κ2) is 9.60. The molecule has 1 aliphatic heterocycles. The summed E-state index contributed by atoms with van der Waals surface area (Å²) in [5, 5.41) is 2.96. The zero-order chi connectivity index (χ0) is 20.8. The van der Waals surface area contributed by atoms with Gasteiger partial charge in [0.1, 0.15) is 11.6 Å². The van der Waals surface area contributed by atoms with Crippen LogP contribution in [-0.4, -0.2) is 36.9 Å². The molecule has 1 N–H and O–H groups in total. The summed E-state index contributed by atoms with van der Waals surface area (Å²) in [5.41, 5.74) is 1.88. The van der Waals surface area contributed by atoms with Crippen LogP contribution in [0.15, 0.2) is 42.5 Å². The number of amides is 2. The number of methoxy groups -OCH3 is 1. The summed E-state index contributed by atoms with van der Waals surface area (Å²) in [4.78, 5) is 26.5. The van der Waals surface area contributed by atoms with Crippen molar-refractivity contribution in [1.82, 2.24) is 10.2 Å². The maximum atomic E-state index is 13.8. The van der Waals surface area contributed by atoms with E-state index in [-0.39, 0.29) is 17.4 Å². The van der Waals surface area contributed by atoms with Crippen LogP contribution in [0.4, 0.5) is 8.78 Å². The molecule has 1 saturated heterocycles. The average Bonchev–Trinajstić information content (AvgIpc) is 2.73. The van der Waals surface area contributed by atoms with Gasteiger partial charge in [0.15, 0.2) is 0 Å². The predicted octanol–water partition coefficient (Wildman–Crippen LogP) is 3.28. The molecule has 2 amide bonds. The van der Waals surface area contributed by atoms with Gasteiger partial charge in [-0.3, -0.25) is 9.59 Å². The molecule has 0 saturated carbocycles. The van der Waals surface area contributed by atoms with E-state index in [0.717, 1.165) is 23.3 Å².